The molecule has 0 amide bonds. The van der Waals surface area contributed by atoms with Gasteiger partial charge in [-0.3, -0.25) is 0 Å². The van der Waals surface area contributed by atoms with Gasteiger partial charge in [0.1, 0.15) is 5.01 Å². The van der Waals surface area contributed by atoms with Crippen molar-refractivity contribution in [2.45, 2.75) is 38.6 Å². The number of halogens is 1. The first-order valence-corrected chi connectivity index (χ1v) is 8.15. The molecule has 0 radical (unpaired) electrons. The van der Waals surface area contributed by atoms with Gasteiger partial charge in [-0.25, -0.2) is 4.98 Å². The highest BCUT2D eigenvalue weighted by molar-refractivity contribution is 9.10. The van der Waals surface area contributed by atoms with Crippen molar-refractivity contribution in [3.63, 3.8) is 0 Å². The van der Waals surface area contributed by atoms with Gasteiger partial charge in [0.2, 0.25) is 0 Å². The summed E-state index contributed by atoms with van der Waals surface area (Å²) in [5.74, 6) is 0.633. The number of aromatic nitrogens is 1. The van der Waals surface area contributed by atoms with Crippen molar-refractivity contribution < 1.29 is 0 Å². The Labute approximate surface area is 126 Å². The van der Waals surface area contributed by atoms with Crippen molar-refractivity contribution >= 4 is 27.3 Å². The Bertz CT molecular complexity index is 615. The third-order valence-electron chi connectivity index (χ3n) is 3.81. The molecule has 3 rings (SSSR count). The summed E-state index contributed by atoms with van der Waals surface area (Å²) in [6, 6.07) is 6.76. The standard InChI is InChI=1S/C15H17BrN2S/c1-8-3-4-11(16)7-13(8)15-18-9(2)14(19-15)10-5-12(17)6-10/h3-4,7,10,12H,5-6,17H2,1-2H3. The van der Waals surface area contributed by atoms with E-state index >= 15 is 0 Å². The molecule has 1 aromatic heterocycles. The van der Waals surface area contributed by atoms with Crippen LogP contribution in [0.15, 0.2) is 22.7 Å². The van der Waals surface area contributed by atoms with Gasteiger partial charge in [0.05, 0.1) is 5.69 Å². The van der Waals surface area contributed by atoms with E-state index in [2.05, 4.69) is 48.0 Å². The minimum atomic E-state index is 0.391. The number of benzene rings is 1. The van der Waals surface area contributed by atoms with E-state index < -0.39 is 0 Å². The molecule has 1 aliphatic rings. The predicted octanol–water partition coefficient (Wildman–Crippen LogP) is 4.39. The molecular weight excluding hydrogens is 320 g/mol. The van der Waals surface area contributed by atoms with Gasteiger partial charge in [-0.15, -0.1) is 11.3 Å². The van der Waals surface area contributed by atoms with E-state index in [1.54, 1.807) is 0 Å². The highest BCUT2D eigenvalue weighted by atomic mass is 79.9. The van der Waals surface area contributed by atoms with Crippen LogP contribution in [-0.4, -0.2) is 11.0 Å². The summed E-state index contributed by atoms with van der Waals surface area (Å²) in [7, 11) is 0. The molecule has 0 bridgehead atoms. The maximum Gasteiger partial charge on any atom is 0.124 e. The second-order valence-corrected chi connectivity index (χ2v) is 7.30. The van der Waals surface area contributed by atoms with Gasteiger partial charge >= 0.3 is 0 Å². The van der Waals surface area contributed by atoms with Gasteiger partial charge in [0.25, 0.3) is 0 Å². The second-order valence-electron chi connectivity index (χ2n) is 5.36. The molecule has 100 valence electrons. The molecule has 0 atom stereocenters. The molecular formula is C15H17BrN2S. The average molecular weight is 337 g/mol. The van der Waals surface area contributed by atoms with E-state index in [0.29, 0.717) is 12.0 Å². The highest BCUT2D eigenvalue weighted by Crippen LogP contribution is 2.42. The Morgan fingerprint density at radius 3 is 2.74 bits per heavy atom. The quantitative estimate of drug-likeness (QED) is 0.882. The molecule has 2 N–H and O–H groups in total. The van der Waals surface area contributed by atoms with E-state index in [1.807, 2.05) is 11.3 Å². The lowest BCUT2D eigenvalue weighted by atomic mass is 9.79. The molecule has 2 aromatic rings. The number of hydrogen-bond donors (Lipinski definition) is 1. The van der Waals surface area contributed by atoms with E-state index in [9.17, 15) is 0 Å². The Hall–Kier alpha value is -0.710. The molecule has 1 fully saturated rings. The predicted molar refractivity (Wildman–Crippen MR) is 84.7 cm³/mol. The summed E-state index contributed by atoms with van der Waals surface area (Å²) in [5, 5.41) is 1.13. The lowest BCUT2D eigenvalue weighted by Gasteiger charge is -2.31. The molecule has 0 unspecified atom stereocenters. The van der Waals surface area contributed by atoms with Crippen LogP contribution in [0.5, 0.6) is 0 Å². The van der Waals surface area contributed by atoms with Gasteiger partial charge in [-0.1, -0.05) is 22.0 Å². The van der Waals surface area contributed by atoms with Crippen molar-refractivity contribution in [3.05, 3.63) is 38.8 Å². The van der Waals surface area contributed by atoms with Gasteiger partial charge in [-0.2, -0.15) is 0 Å². The first-order valence-electron chi connectivity index (χ1n) is 6.54. The lowest BCUT2D eigenvalue weighted by Crippen LogP contribution is -2.34. The minimum Gasteiger partial charge on any atom is -0.328 e. The summed E-state index contributed by atoms with van der Waals surface area (Å²) in [6.07, 6.45) is 2.22. The summed E-state index contributed by atoms with van der Waals surface area (Å²) in [4.78, 5) is 6.19. The summed E-state index contributed by atoms with van der Waals surface area (Å²) in [6.45, 7) is 4.25. The third-order valence-corrected chi connectivity index (χ3v) is 5.65. The summed E-state index contributed by atoms with van der Waals surface area (Å²) < 4.78 is 1.10. The molecule has 1 heterocycles. The number of nitrogens with two attached hydrogens (primary N) is 1. The molecule has 1 saturated carbocycles. The zero-order valence-electron chi connectivity index (χ0n) is 11.1. The van der Waals surface area contributed by atoms with E-state index in [4.69, 9.17) is 10.7 Å². The SMILES string of the molecule is Cc1ccc(Br)cc1-c1nc(C)c(C2CC(N)C2)s1. The molecule has 19 heavy (non-hydrogen) atoms. The second kappa shape index (κ2) is 5.00. The Kier molecular flexibility index (Phi) is 3.50. The zero-order chi connectivity index (χ0) is 13.6. The Morgan fingerprint density at radius 2 is 2.05 bits per heavy atom. The van der Waals surface area contributed by atoms with Crippen molar-refractivity contribution in [2.24, 2.45) is 5.73 Å². The van der Waals surface area contributed by atoms with Crippen molar-refractivity contribution in [3.8, 4) is 10.6 Å². The summed E-state index contributed by atoms with van der Waals surface area (Å²) in [5.41, 5.74) is 9.58. The molecule has 0 spiro atoms. The van der Waals surface area contributed by atoms with Gasteiger partial charge in [0.15, 0.2) is 0 Å². The fourth-order valence-corrected chi connectivity index (χ4v) is 4.24. The van der Waals surface area contributed by atoms with Gasteiger partial charge in [-0.05, 0) is 50.3 Å². The zero-order valence-corrected chi connectivity index (χ0v) is 13.5. The Morgan fingerprint density at radius 1 is 1.32 bits per heavy atom. The number of rotatable bonds is 2. The summed E-state index contributed by atoms with van der Waals surface area (Å²) >= 11 is 5.37. The van der Waals surface area contributed by atoms with E-state index in [1.165, 1.54) is 21.7 Å². The first-order chi connectivity index (χ1) is 9.04. The smallest absolute Gasteiger partial charge is 0.124 e. The van der Waals surface area contributed by atoms with Crippen LogP contribution in [0.2, 0.25) is 0 Å². The number of thiazole rings is 1. The third kappa shape index (κ3) is 2.49. The molecule has 1 aromatic carbocycles. The van der Waals surface area contributed by atoms with Crippen LogP contribution >= 0.6 is 27.3 Å². The normalized spacial score (nSPS) is 22.3. The van der Waals surface area contributed by atoms with E-state index in [0.717, 1.165) is 22.3 Å². The van der Waals surface area contributed by atoms with Crippen LogP contribution in [-0.2, 0) is 0 Å². The molecule has 0 aliphatic heterocycles. The molecule has 4 heteroatoms. The van der Waals surface area contributed by atoms with Crippen LogP contribution in [0.25, 0.3) is 10.6 Å². The van der Waals surface area contributed by atoms with Crippen LogP contribution in [0.3, 0.4) is 0 Å². The number of nitrogens with zero attached hydrogens (tertiary/aromatic N) is 1. The van der Waals surface area contributed by atoms with E-state index in [-0.39, 0.29) is 0 Å². The van der Waals surface area contributed by atoms with Gasteiger partial charge < -0.3 is 5.73 Å². The van der Waals surface area contributed by atoms with Crippen molar-refractivity contribution in [2.75, 3.05) is 0 Å². The topological polar surface area (TPSA) is 38.9 Å². The maximum atomic E-state index is 5.90. The van der Waals surface area contributed by atoms with Gasteiger partial charge in [0, 0.05) is 21.0 Å². The van der Waals surface area contributed by atoms with Crippen LogP contribution in [0.4, 0.5) is 0 Å². The lowest BCUT2D eigenvalue weighted by molar-refractivity contribution is 0.354. The Balaban J connectivity index is 1.98. The minimum absolute atomic E-state index is 0.391. The van der Waals surface area contributed by atoms with Crippen LogP contribution < -0.4 is 5.73 Å². The van der Waals surface area contributed by atoms with Crippen molar-refractivity contribution in [1.29, 1.82) is 0 Å². The number of hydrogen-bond acceptors (Lipinski definition) is 3. The van der Waals surface area contributed by atoms with Crippen molar-refractivity contribution in [1.82, 2.24) is 4.98 Å². The fourth-order valence-electron chi connectivity index (χ4n) is 2.60. The molecule has 0 saturated heterocycles. The van der Waals surface area contributed by atoms with Crippen LogP contribution in [0.1, 0.15) is 34.9 Å². The molecule has 1 aliphatic carbocycles. The monoisotopic (exact) mass is 336 g/mol. The first kappa shape index (κ1) is 13.3. The van der Waals surface area contributed by atoms with Crippen LogP contribution in [0, 0.1) is 13.8 Å². The number of aryl methyl sites for hydroxylation is 2. The maximum absolute atomic E-state index is 5.90. The largest absolute Gasteiger partial charge is 0.328 e. The molecule has 2 nitrogen and oxygen atoms in total. The fraction of sp³-hybridized carbons (Fsp3) is 0.400. The average Bonchev–Trinajstić information content (AvgIpc) is 2.70. The highest BCUT2D eigenvalue weighted by Gasteiger charge is 2.30.